The van der Waals surface area contributed by atoms with Gasteiger partial charge >= 0.3 is 0 Å². The molecule has 0 fully saturated rings. The highest BCUT2D eigenvalue weighted by Gasteiger charge is 2.13. The van der Waals surface area contributed by atoms with Crippen LogP contribution in [-0.4, -0.2) is 41.9 Å². The number of nitrogens with one attached hydrogen (secondary N) is 1. The normalized spacial score (nSPS) is 11.7. The molecule has 0 heterocycles. The van der Waals surface area contributed by atoms with E-state index in [2.05, 4.69) is 4.72 Å². The Morgan fingerprint density at radius 2 is 2.05 bits per heavy atom. The molecule has 0 aliphatic heterocycles. The van der Waals surface area contributed by atoms with E-state index in [4.69, 9.17) is 9.47 Å². The summed E-state index contributed by atoms with van der Waals surface area (Å²) >= 11 is 0. The number of sulfonamides is 1. The van der Waals surface area contributed by atoms with Gasteiger partial charge in [-0.2, -0.15) is 0 Å². The number of halogens is 1. The van der Waals surface area contributed by atoms with Gasteiger partial charge in [0.15, 0.2) is 0 Å². The van der Waals surface area contributed by atoms with Crippen LogP contribution in [0.2, 0.25) is 0 Å². The Kier molecular flexibility index (Phi) is 6.93. The standard InChI is InChI=1S/C12H18FNO4S/c1-17-8-9-18-7-3-6-14-19(15,16)12-5-2-4-11(13)10-12/h2,4-5,10,14H,3,6-9H2,1H3. The van der Waals surface area contributed by atoms with E-state index in [1.807, 2.05) is 0 Å². The van der Waals surface area contributed by atoms with Gasteiger partial charge in [-0.05, 0) is 24.6 Å². The SMILES string of the molecule is COCCOCCCNS(=O)(=O)c1cccc(F)c1. The smallest absolute Gasteiger partial charge is 0.240 e. The third-order valence-corrected chi connectivity index (χ3v) is 3.75. The van der Waals surface area contributed by atoms with Gasteiger partial charge in [-0.1, -0.05) is 6.07 Å². The van der Waals surface area contributed by atoms with Crippen molar-refractivity contribution in [1.82, 2.24) is 4.72 Å². The van der Waals surface area contributed by atoms with Crippen LogP contribution in [-0.2, 0) is 19.5 Å². The second-order valence-corrected chi connectivity index (χ2v) is 5.58. The molecule has 0 saturated carbocycles. The maximum atomic E-state index is 12.9. The number of hydrogen-bond donors (Lipinski definition) is 1. The minimum Gasteiger partial charge on any atom is -0.382 e. The van der Waals surface area contributed by atoms with Gasteiger partial charge in [-0.3, -0.25) is 0 Å². The highest BCUT2D eigenvalue weighted by molar-refractivity contribution is 7.89. The second-order valence-electron chi connectivity index (χ2n) is 3.81. The molecule has 0 aromatic heterocycles. The zero-order valence-electron chi connectivity index (χ0n) is 10.8. The molecule has 1 N–H and O–H groups in total. The lowest BCUT2D eigenvalue weighted by atomic mass is 10.4. The van der Waals surface area contributed by atoms with Crippen LogP contribution in [0, 0.1) is 5.82 Å². The molecule has 1 rings (SSSR count). The first-order valence-corrected chi connectivity index (χ1v) is 7.36. The van der Waals surface area contributed by atoms with Crippen molar-refractivity contribution in [2.24, 2.45) is 0 Å². The summed E-state index contributed by atoms with van der Waals surface area (Å²) in [6.45, 7) is 1.67. The van der Waals surface area contributed by atoms with Gasteiger partial charge in [0.2, 0.25) is 10.0 Å². The highest BCUT2D eigenvalue weighted by atomic mass is 32.2. The third-order valence-electron chi connectivity index (χ3n) is 2.30. The molecule has 7 heteroatoms. The number of methoxy groups -OCH3 is 1. The van der Waals surface area contributed by atoms with E-state index in [1.54, 1.807) is 7.11 Å². The molecule has 0 spiro atoms. The molecule has 0 atom stereocenters. The highest BCUT2D eigenvalue weighted by Crippen LogP contribution is 2.09. The number of benzene rings is 1. The molecule has 5 nitrogen and oxygen atoms in total. The van der Waals surface area contributed by atoms with Gasteiger partial charge in [0.05, 0.1) is 18.1 Å². The first kappa shape index (κ1) is 16.0. The van der Waals surface area contributed by atoms with E-state index < -0.39 is 15.8 Å². The predicted molar refractivity (Wildman–Crippen MR) is 68.9 cm³/mol. The summed E-state index contributed by atoms with van der Waals surface area (Å²) in [4.78, 5) is -0.0761. The lowest BCUT2D eigenvalue weighted by Crippen LogP contribution is -2.25. The lowest BCUT2D eigenvalue weighted by molar-refractivity contribution is 0.0699. The minimum atomic E-state index is -3.65. The second kappa shape index (κ2) is 8.21. The van der Waals surface area contributed by atoms with Crippen LogP contribution in [0.25, 0.3) is 0 Å². The lowest BCUT2D eigenvalue weighted by Gasteiger charge is -2.07. The molecule has 0 aliphatic carbocycles. The molecular weight excluding hydrogens is 273 g/mol. The fraction of sp³-hybridized carbons (Fsp3) is 0.500. The zero-order valence-corrected chi connectivity index (χ0v) is 11.6. The fourth-order valence-corrected chi connectivity index (χ4v) is 2.45. The van der Waals surface area contributed by atoms with Crippen molar-refractivity contribution >= 4 is 10.0 Å². The molecule has 0 unspecified atom stereocenters. The number of rotatable bonds is 9. The van der Waals surface area contributed by atoms with Crippen LogP contribution >= 0.6 is 0 Å². The molecule has 0 saturated heterocycles. The predicted octanol–water partition coefficient (Wildman–Crippen LogP) is 1.16. The van der Waals surface area contributed by atoms with Crippen LogP contribution in [0.15, 0.2) is 29.2 Å². The van der Waals surface area contributed by atoms with E-state index in [-0.39, 0.29) is 11.4 Å². The Labute approximate surface area is 112 Å². The van der Waals surface area contributed by atoms with Crippen LogP contribution in [0.5, 0.6) is 0 Å². The molecule has 1 aromatic rings. The summed E-state index contributed by atoms with van der Waals surface area (Å²) in [5.74, 6) is -0.578. The zero-order chi connectivity index (χ0) is 14.1. The monoisotopic (exact) mass is 291 g/mol. The first-order chi connectivity index (χ1) is 9.06. The number of ether oxygens (including phenoxy) is 2. The average molecular weight is 291 g/mol. The van der Waals surface area contributed by atoms with Crippen molar-refractivity contribution < 1.29 is 22.3 Å². The summed E-state index contributed by atoms with van der Waals surface area (Å²) in [5.41, 5.74) is 0. The van der Waals surface area contributed by atoms with E-state index in [9.17, 15) is 12.8 Å². The summed E-state index contributed by atoms with van der Waals surface area (Å²) in [6.07, 6.45) is 0.540. The van der Waals surface area contributed by atoms with Crippen molar-refractivity contribution in [2.45, 2.75) is 11.3 Å². The molecule has 19 heavy (non-hydrogen) atoms. The Bertz CT molecular complexity index is 478. The van der Waals surface area contributed by atoms with E-state index >= 15 is 0 Å². The topological polar surface area (TPSA) is 64.6 Å². The summed E-state index contributed by atoms with van der Waals surface area (Å²) in [7, 11) is -2.07. The fourth-order valence-electron chi connectivity index (χ4n) is 1.34. The van der Waals surface area contributed by atoms with Gasteiger partial charge in [-0.15, -0.1) is 0 Å². The number of hydrogen-bond acceptors (Lipinski definition) is 4. The van der Waals surface area contributed by atoms with Gasteiger partial charge in [-0.25, -0.2) is 17.5 Å². The summed E-state index contributed by atoms with van der Waals surface area (Å²) in [5, 5.41) is 0. The molecule has 0 bridgehead atoms. The van der Waals surface area contributed by atoms with Crippen molar-refractivity contribution in [2.75, 3.05) is 33.5 Å². The Morgan fingerprint density at radius 3 is 2.74 bits per heavy atom. The third kappa shape index (κ3) is 6.11. The first-order valence-electron chi connectivity index (χ1n) is 5.88. The Morgan fingerprint density at radius 1 is 1.26 bits per heavy atom. The molecule has 0 amide bonds. The van der Waals surface area contributed by atoms with E-state index in [0.717, 1.165) is 6.07 Å². The summed E-state index contributed by atoms with van der Waals surface area (Å²) < 4.78 is 48.9. The van der Waals surface area contributed by atoms with Gasteiger partial charge in [0.25, 0.3) is 0 Å². The van der Waals surface area contributed by atoms with Crippen molar-refractivity contribution in [3.8, 4) is 0 Å². The van der Waals surface area contributed by atoms with Crippen molar-refractivity contribution in [1.29, 1.82) is 0 Å². The van der Waals surface area contributed by atoms with Crippen LogP contribution in [0.3, 0.4) is 0 Å². The average Bonchev–Trinajstić information content (AvgIpc) is 2.38. The van der Waals surface area contributed by atoms with Crippen LogP contribution in [0.1, 0.15) is 6.42 Å². The minimum absolute atomic E-state index is 0.0761. The molecular formula is C12H18FNO4S. The Balaban J connectivity index is 2.32. The van der Waals surface area contributed by atoms with E-state index in [1.165, 1.54) is 18.2 Å². The van der Waals surface area contributed by atoms with Crippen LogP contribution in [0.4, 0.5) is 4.39 Å². The van der Waals surface area contributed by atoms with Crippen molar-refractivity contribution in [3.05, 3.63) is 30.1 Å². The maximum Gasteiger partial charge on any atom is 0.240 e. The maximum absolute atomic E-state index is 12.9. The largest absolute Gasteiger partial charge is 0.382 e. The van der Waals surface area contributed by atoms with Crippen molar-refractivity contribution in [3.63, 3.8) is 0 Å². The quantitative estimate of drug-likeness (QED) is 0.693. The van der Waals surface area contributed by atoms with Gasteiger partial charge in [0, 0.05) is 20.3 Å². The molecule has 108 valence electrons. The van der Waals surface area contributed by atoms with Gasteiger partial charge in [0.1, 0.15) is 5.82 Å². The molecule has 1 aromatic carbocycles. The van der Waals surface area contributed by atoms with Crippen LogP contribution < -0.4 is 4.72 Å². The van der Waals surface area contributed by atoms with Gasteiger partial charge < -0.3 is 9.47 Å². The molecule has 0 aliphatic rings. The summed E-state index contributed by atoms with van der Waals surface area (Å²) in [6, 6.07) is 4.89. The Hall–Kier alpha value is -1.02. The molecule has 0 radical (unpaired) electrons. The van der Waals surface area contributed by atoms with E-state index in [0.29, 0.717) is 26.2 Å².